The van der Waals surface area contributed by atoms with Crippen molar-refractivity contribution in [2.24, 2.45) is 17.8 Å². The van der Waals surface area contributed by atoms with Crippen molar-refractivity contribution in [3.05, 3.63) is 41.0 Å². The molecule has 4 rings (SSSR count). The zero-order valence-corrected chi connectivity index (χ0v) is 14.2. The van der Waals surface area contributed by atoms with Crippen molar-refractivity contribution in [2.45, 2.75) is 51.4 Å². The van der Waals surface area contributed by atoms with Gasteiger partial charge in [0, 0.05) is 6.42 Å². The molecular formula is C21H26O3. The lowest BCUT2D eigenvalue weighted by Crippen LogP contribution is -2.08. The minimum Gasteiger partial charge on any atom is -0.489 e. The summed E-state index contributed by atoms with van der Waals surface area (Å²) in [6, 6.07) is 7.90. The Labute approximate surface area is 143 Å². The molecule has 0 bridgehead atoms. The van der Waals surface area contributed by atoms with E-state index in [4.69, 9.17) is 9.84 Å². The molecule has 3 heteroatoms. The highest BCUT2D eigenvalue weighted by Crippen LogP contribution is 2.59. The van der Waals surface area contributed by atoms with E-state index in [2.05, 4.69) is 0 Å². The van der Waals surface area contributed by atoms with Gasteiger partial charge in [-0.1, -0.05) is 17.7 Å². The number of ether oxygens (including phenoxy) is 1. The van der Waals surface area contributed by atoms with Gasteiger partial charge in [-0.15, -0.1) is 0 Å². The fourth-order valence-electron chi connectivity index (χ4n) is 4.75. The molecule has 1 N–H and O–H groups in total. The average Bonchev–Trinajstić information content (AvgIpc) is 3.02. The number of carboxylic acids is 1. The quantitative estimate of drug-likeness (QED) is 0.744. The molecule has 0 saturated heterocycles. The van der Waals surface area contributed by atoms with Crippen LogP contribution in [0, 0.1) is 17.8 Å². The van der Waals surface area contributed by atoms with Crippen LogP contribution in [0.25, 0.3) is 0 Å². The predicted octanol–water partition coefficient (Wildman–Crippen LogP) is 4.61. The van der Waals surface area contributed by atoms with Crippen LogP contribution in [0.1, 0.15) is 50.5 Å². The molecule has 3 nitrogen and oxygen atoms in total. The van der Waals surface area contributed by atoms with Crippen LogP contribution in [0.5, 0.6) is 5.75 Å². The molecule has 0 amide bonds. The van der Waals surface area contributed by atoms with E-state index in [1.54, 1.807) is 11.1 Å². The molecule has 24 heavy (non-hydrogen) atoms. The Balaban J connectivity index is 1.34. The van der Waals surface area contributed by atoms with Crippen molar-refractivity contribution in [3.63, 3.8) is 0 Å². The minimum absolute atomic E-state index is 0.181. The first-order valence-corrected chi connectivity index (χ1v) is 9.35. The molecule has 2 saturated carbocycles. The number of carbonyl (C=O) groups is 1. The highest BCUT2D eigenvalue weighted by atomic mass is 16.5. The second-order valence-corrected chi connectivity index (χ2v) is 7.65. The van der Waals surface area contributed by atoms with E-state index in [9.17, 15) is 4.79 Å². The van der Waals surface area contributed by atoms with Gasteiger partial charge in [-0.25, -0.2) is 0 Å². The Morgan fingerprint density at radius 2 is 2.00 bits per heavy atom. The summed E-state index contributed by atoms with van der Waals surface area (Å²) < 4.78 is 6.03. The third-order valence-electron chi connectivity index (χ3n) is 6.13. The molecule has 3 atom stereocenters. The number of hydrogen-bond acceptors (Lipinski definition) is 2. The van der Waals surface area contributed by atoms with Gasteiger partial charge in [-0.3, -0.25) is 4.79 Å². The van der Waals surface area contributed by atoms with Crippen molar-refractivity contribution < 1.29 is 14.6 Å². The van der Waals surface area contributed by atoms with Gasteiger partial charge >= 0.3 is 5.97 Å². The number of rotatable bonds is 7. The van der Waals surface area contributed by atoms with E-state index < -0.39 is 5.97 Å². The van der Waals surface area contributed by atoms with Gasteiger partial charge in [0.1, 0.15) is 12.4 Å². The first-order valence-electron chi connectivity index (χ1n) is 9.35. The first-order chi connectivity index (χ1) is 11.7. The molecule has 0 radical (unpaired) electrons. The van der Waals surface area contributed by atoms with E-state index in [1.165, 1.54) is 38.5 Å². The Bertz CT molecular complexity index is 644. The lowest BCUT2D eigenvalue weighted by atomic mass is 9.91. The third kappa shape index (κ3) is 3.35. The van der Waals surface area contributed by atoms with Crippen molar-refractivity contribution in [2.75, 3.05) is 6.61 Å². The maximum Gasteiger partial charge on any atom is 0.303 e. The van der Waals surface area contributed by atoms with Crippen LogP contribution in [0.15, 0.2) is 35.4 Å². The Morgan fingerprint density at radius 1 is 1.17 bits per heavy atom. The lowest BCUT2D eigenvalue weighted by Gasteiger charge is -2.17. The van der Waals surface area contributed by atoms with Crippen LogP contribution in [-0.2, 0) is 11.2 Å². The molecule has 128 valence electrons. The minimum atomic E-state index is -0.749. The van der Waals surface area contributed by atoms with E-state index >= 15 is 0 Å². The number of benzene rings is 1. The number of aryl methyl sites for hydroxylation is 1. The highest BCUT2D eigenvalue weighted by Gasteiger charge is 2.49. The fraction of sp³-hybridized carbons (Fsp3) is 0.571. The normalized spacial score (nSPS) is 28.1. The van der Waals surface area contributed by atoms with Crippen LogP contribution in [-0.4, -0.2) is 17.7 Å². The molecule has 0 heterocycles. The van der Waals surface area contributed by atoms with Gasteiger partial charge in [0.05, 0.1) is 0 Å². The fourth-order valence-corrected chi connectivity index (χ4v) is 4.75. The van der Waals surface area contributed by atoms with E-state index in [0.717, 1.165) is 35.7 Å². The van der Waals surface area contributed by atoms with Crippen molar-refractivity contribution >= 4 is 5.97 Å². The van der Waals surface area contributed by atoms with Gasteiger partial charge in [0.25, 0.3) is 0 Å². The standard InChI is InChI=1S/C21H26O3/c22-21(23)11-6-14-4-8-17(9-5-14)24-13-16-2-1-3-18(16)19-10-7-15-12-20(15)19/h4-5,8-9,15,19-20H,1-3,6-7,10-13H2,(H,22,23). The number of fused-ring (bicyclic) bond motifs is 1. The van der Waals surface area contributed by atoms with Gasteiger partial charge < -0.3 is 9.84 Å². The smallest absolute Gasteiger partial charge is 0.303 e. The molecular weight excluding hydrogens is 300 g/mol. The molecule has 0 spiro atoms. The summed E-state index contributed by atoms with van der Waals surface area (Å²) in [5.41, 5.74) is 4.34. The summed E-state index contributed by atoms with van der Waals surface area (Å²) in [6.07, 6.45) is 8.89. The predicted molar refractivity (Wildman–Crippen MR) is 93.1 cm³/mol. The van der Waals surface area contributed by atoms with Gasteiger partial charge in [0.2, 0.25) is 0 Å². The number of aliphatic carboxylic acids is 1. The van der Waals surface area contributed by atoms with Gasteiger partial charge in [-0.2, -0.15) is 0 Å². The van der Waals surface area contributed by atoms with Crippen LogP contribution in [0.2, 0.25) is 0 Å². The molecule has 0 aromatic heterocycles. The molecule has 2 fully saturated rings. The summed E-state index contributed by atoms with van der Waals surface area (Å²) in [5.74, 6) is 3.06. The van der Waals surface area contributed by atoms with Crippen LogP contribution in [0.4, 0.5) is 0 Å². The maximum absolute atomic E-state index is 10.6. The maximum atomic E-state index is 10.6. The summed E-state index contributed by atoms with van der Waals surface area (Å²) >= 11 is 0. The first kappa shape index (κ1) is 15.7. The van der Waals surface area contributed by atoms with E-state index in [0.29, 0.717) is 6.42 Å². The number of carboxylic acid groups (broad SMARTS) is 1. The molecule has 1 aromatic carbocycles. The third-order valence-corrected chi connectivity index (χ3v) is 6.13. The lowest BCUT2D eigenvalue weighted by molar-refractivity contribution is -0.136. The van der Waals surface area contributed by atoms with Gasteiger partial charge in [-0.05, 0) is 86.0 Å². The SMILES string of the molecule is O=C(O)CCc1ccc(OCC2=C(C3CCC4CC43)CCC2)cc1. The zero-order chi connectivity index (χ0) is 16.5. The summed E-state index contributed by atoms with van der Waals surface area (Å²) in [6.45, 7) is 0.734. The molecule has 3 aliphatic carbocycles. The highest BCUT2D eigenvalue weighted by molar-refractivity contribution is 5.67. The van der Waals surface area contributed by atoms with Crippen LogP contribution >= 0.6 is 0 Å². The Hall–Kier alpha value is -1.77. The van der Waals surface area contributed by atoms with Crippen molar-refractivity contribution in [1.82, 2.24) is 0 Å². The average molecular weight is 326 g/mol. The summed E-state index contributed by atoms with van der Waals surface area (Å²) in [5, 5.41) is 8.74. The van der Waals surface area contributed by atoms with Crippen LogP contribution in [0.3, 0.4) is 0 Å². The molecule has 1 aromatic rings. The summed E-state index contributed by atoms with van der Waals surface area (Å²) in [4.78, 5) is 10.6. The van der Waals surface area contributed by atoms with Crippen molar-refractivity contribution in [3.8, 4) is 5.75 Å². The largest absolute Gasteiger partial charge is 0.489 e. The van der Waals surface area contributed by atoms with Gasteiger partial charge in [0.15, 0.2) is 0 Å². The molecule has 3 unspecified atom stereocenters. The number of allylic oxidation sites excluding steroid dienone is 1. The molecule has 3 aliphatic rings. The summed E-state index contributed by atoms with van der Waals surface area (Å²) in [7, 11) is 0. The van der Waals surface area contributed by atoms with E-state index in [1.807, 2.05) is 24.3 Å². The molecule has 0 aliphatic heterocycles. The topological polar surface area (TPSA) is 46.5 Å². The monoisotopic (exact) mass is 326 g/mol. The number of hydrogen-bond donors (Lipinski definition) is 1. The van der Waals surface area contributed by atoms with E-state index in [-0.39, 0.29) is 6.42 Å². The Morgan fingerprint density at radius 3 is 2.67 bits per heavy atom. The van der Waals surface area contributed by atoms with Crippen molar-refractivity contribution in [1.29, 1.82) is 0 Å². The second kappa shape index (κ2) is 6.62. The zero-order valence-electron chi connectivity index (χ0n) is 14.2. The Kier molecular flexibility index (Phi) is 4.34. The second-order valence-electron chi connectivity index (χ2n) is 7.65. The van der Waals surface area contributed by atoms with Crippen LogP contribution < -0.4 is 4.74 Å².